The number of nitrogens with two attached hydrogens (primary N) is 1. The Hall–Kier alpha value is -4.15. The van der Waals surface area contributed by atoms with Gasteiger partial charge in [0.05, 0.1) is 30.2 Å². The summed E-state index contributed by atoms with van der Waals surface area (Å²) < 4.78 is 5.41. The molecule has 10 nitrogen and oxygen atoms in total. The monoisotopic (exact) mass is 529 g/mol. The van der Waals surface area contributed by atoms with Gasteiger partial charge in [-0.25, -0.2) is 4.98 Å². The second-order valence-electron chi connectivity index (χ2n) is 9.97. The number of para-hydroxylation sites is 1. The van der Waals surface area contributed by atoms with E-state index in [0.717, 1.165) is 56.3 Å². The molecule has 204 valence electrons. The van der Waals surface area contributed by atoms with Crippen molar-refractivity contribution in [1.82, 2.24) is 9.88 Å². The fraction of sp³-hybridized carbons (Fsp3) is 0.345. The number of rotatable bonds is 6. The second-order valence-corrected chi connectivity index (χ2v) is 9.97. The van der Waals surface area contributed by atoms with Crippen molar-refractivity contribution in [3.05, 3.63) is 71.4 Å². The first-order chi connectivity index (χ1) is 18.9. The number of anilines is 5. The third-order valence-electron chi connectivity index (χ3n) is 7.26. The molecule has 0 saturated carbocycles. The number of carbonyl (C=O) groups excluding carboxylic acids is 2. The van der Waals surface area contributed by atoms with Crippen molar-refractivity contribution in [2.75, 3.05) is 85.7 Å². The third-order valence-corrected chi connectivity index (χ3v) is 7.26. The molecule has 2 fully saturated rings. The van der Waals surface area contributed by atoms with E-state index in [4.69, 9.17) is 10.5 Å². The summed E-state index contributed by atoms with van der Waals surface area (Å²) in [7, 11) is 2.10. The molecule has 3 aromatic rings. The van der Waals surface area contributed by atoms with E-state index in [1.165, 1.54) is 0 Å². The molecule has 0 radical (unpaired) electrons. The highest BCUT2D eigenvalue weighted by Crippen LogP contribution is 2.29. The van der Waals surface area contributed by atoms with Gasteiger partial charge in [-0.05, 0) is 55.9 Å². The number of nitrogens with zero attached hydrogens (tertiary/aromatic N) is 4. The molecule has 0 unspecified atom stereocenters. The molecule has 10 heteroatoms. The molecule has 3 heterocycles. The number of hydrogen-bond donors (Lipinski definition) is 3. The highest BCUT2D eigenvalue weighted by atomic mass is 16.5. The summed E-state index contributed by atoms with van der Waals surface area (Å²) in [5.41, 5.74) is 10.8. The molecule has 0 atom stereocenters. The van der Waals surface area contributed by atoms with E-state index in [1.54, 1.807) is 30.5 Å². The predicted molar refractivity (Wildman–Crippen MR) is 155 cm³/mol. The van der Waals surface area contributed by atoms with Gasteiger partial charge in [0.25, 0.3) is 11.8 Å². The third kappa shape index (κ3) is 6.13. The molecule has 1 aromatic heterocycles. The molecule has 0 spiro atoms. The highest BCUT2D eigenvalue weighted by Gasteiger charge is 2.21. The van der Waals surface area contributed by atoms with E-state index in [9.17, 15) is 9.59 Å². The normalized spacial score (nSPS) is 16.2. The largest absolute Gasteiger partial charge is 0.396 e. The Morgan fingerprint density at radius 2 is 1.67 bits per heavy atom. The Bertz CT molecular complexity index is 1350. The SMILES string of the molecule is Cc1ccc(NC(=O)c2ccnc(N3CCOCC3)c2)cc1NC(=O)c1cccc(N2CCN(C)CC2)c1N. The van der Waals surface area contributed by atoms with Crippen LogP contribution in [0.2, 0.25) is 0 Å². The molecule has 2 amide bonds. The Labute approximate surface area is 228 Å². The number of aromatic nitrogens is 1. The average Bonchev–Trinajstić information content (AvgIpc) is 2.96. The maximum Gasteiger partial charge on any atom is 0.257 e. The number of hydrogen-bond acceptors (Lipinski definition) is 8. The second kappa shape index (κ2) is 11.7. The summed E-state index contributed by atoms with van der Waals surface area (Å²) in [5, 5.41) is 5.92. The Morgan fingerprint density at radius 1 is 0.897 bits per heavy atom. The number of nitrogens with one attached hydrogen (secondary N) is 2. The summed E-state index contributed by atoms with van der Waals surface area (Å²) in [6.07, 6.45) is 1.64. The number of benzene rings is 2. The van der Waals surface area contributed by atoms with Crippen LogP contribution in [0.15, 0.2) is 54.7 Å². The molecule has 39 heavy (non-hydrogen) atoms. The summed E-state index contributed by atoms with van der Waals surface area (Å²) in [6.45, 7) is 8.27. The fourth-order valence-electron chi connectivity index (χ4n) is 4.83. The number of piperazine rings is 1. The minimum atomic E-state index is -0.292. The van der Waals surface area contributed by atoms with Crippen molar-refractivity contribution in [2.45, 2.75) is 6.92 Å². The van der Waals surface area contributed by atoms with Gasteiger partial charge in [-0.15, -0.1) is 0 Å². The molecule has 0 aliphatic carbocycles. The van der Waals surface area contributed by atoms with Gasteiger partial charge < -0.3 is 35.8 Å². The number of amides is 2. The Balaban J connectivity index is 1.29. The van der Waals surface area contributed by atoms with Gasteiger partial charge in [-0.1, -0.05) is 12.1 Å². The van der Waals surface area contributed by atoms with E-state index in [1.807, 2.05) is 31.2 Å². The van der Waals surface area contributed by atoms with Crippen LogP contribution in [0.3, 0.4) is 0 Å². The first-order valence-electron chi connectivity index (χ1n) is 13.2. The van der Waals surface area contributed by atoms with Crippen molar-refractivity contribution in [2.24, 2.45) is 0 Å². The van der Waals surface area contributed by atoms with Crippen molar-refractivity contribution in [3.63, 3.8) is 0 Å². The van der Waals surface area contributed by atoms with E-state index >= 15 is 0 Å². The lowest BCUT2D eigenvalue weighted by Crippen LogP contribution is -2.44. The minimum absolute atomic E-state index is 0.253. The number of pyridine rings is 1. The number of carbonyl (C=O) groups is 2. The highest BCUT2D eigenvalue weighted by molar-refractivity contribution is 6.10. The molecule has 5 rings (SSSR count). The van der Waals surface area contributed by atoms with E-state index < -0.39 is 0 Å². The van der Waals surface area contributed by atoms with Crippen LogP contribution in [-0.2, 0) is 4.74 Å². The predicted octanol–water partition coefficient (Wildman–Crippen LogP) is 3.07. The quantitative estimate of drug-likeness (QED) is 0.418. The molecule has 2 saturated heterocycles. The zero-order valence-corrected chi connectivity index (χ0v) is 22.4. The van der Waals surface area contributed by atoms with Crippen molar-refractivity contribution in [3.8, 4) is 0 Å². The van der Waals surface area contributed by atoms with Gasteiger partial charge in [-0.3, -0.25) is 9.59 Å². The molecule has 2 aliphatic rings. The Kier molecular flexibility index (Phi) is 7.94. The lowest BCUT2D eigenvalue weighted by Gasteiger charge is -2.35. The van der Waals surface area contributed by atoms with Crippen molar-refractivity contribution >= 4 is 40.4 Å². The number of likely N-dealkylation sites (N-methyl/N-ethyl adjacent to an activating group) is 1. The minimum Gasteiger partial charge on any atom is -0.396 e. The molecular formula is C29H35N7O3. The van der Waals surface area contributed by atoms with Crippen LogP contribution in [0.5, 0.6) is 0 Å². The molecular weight excluding hydrogens is 494 g/mol. The summed E-state index contributed by atoms with van der Waals surface area (Å²) >= 11 is 0. The Morgan fingerprint density at radius 3 is 2.44 bits per heavy atom. The lowest BCUT2D eigenvalue weighted by atomic mass is 10.1. The number of aryl methyl sites for hydroxylation is 1. The number of ether oxygens (including phenoxy) is 1. The van der Waals surface area contributed by atoms with Crippen LogP contribution in [0.25, 0.3) is 0 Å². The molecule has 4 N–H and O–H groups in total. The zero-order chi connectivity index (χ0) is 27.4. The van der Waals surface area contributed by atoms with E-state index in [0.29, 0.717) is 41.4 Å². The lowest BCUT2D eigenvalue weighted by molar-refractivity contribution is 0.101. The zero-order valence-electron chi connectivity index (χ0n) is 22.4. The maximum absolute atomic E-state index is 13.3. The first-order valence-corrected chi connectivity index (χ1v) is 13.2. The van der Waals surface area contributed by atoms with Crippen molar-refractivity contribution < 1.29 is 14.3 Å². The first kappa shape index (κ1) is 26.5. The van der Waals surface area contributed by atoms with Gasteiger partial charge >= 0.3 is 0 Å². The smallest absolute Gasteiger partial charge is 0.257 e. The number of nitrogen functional groups attached to an aromatic ring is 1. The molecule has 2 aromatic carbocycles. The van der Waals surface area contributed by atoms with Crippen LogP contribution in [0.1, 0.15) is 26.3 Å². The van der Waals surface area contributed by atoms with Crippen LogP contribution in [-0.4, -0.2) is 81.2 Å². The summed E-state index contributed by atoms with van der Waals surface area (Å²) in [4.78, 5) is 37.3. The topological polar surface area (TPSA) is 116 Å². The van der Waals surface area contributed by atoms with Gasteiger partial charge in [0, 0.05) is 62.4 Å². The van der Waals surface area contributed by atoms with Gasteiger partial charge in [0.2, 0.25) is 0 Å². The summed E-state index contributed by atoms with van der Waals surface area (Å²) in [6, 6.07) is 14.5. The average molecular weight is 530 g/mol. The van der Waals surface area contributed by atoms with Gasteiger partial charge in [0.15, 0.2) is 0 Å². The van der Waals surface area contributed by atoms with Crippen molar-refractivity contribution in [1.29, 1.82) is 0 Å². The van der Waals surface area contributed by atoms with Gasteiger partial charge in [-0.2, -0.15) is 0 Å². The molecule has 2 aliphatic heterocycles. The van der Waals surface area contributed by atoms with E-state index in [-0.39, 0.29) is 11.8 Å². The van der Waals surface area contributed by atoms with Crippen LogP contribution in [0, 0.1) is 6.92 Å². The summed E-state index contributed by atoms with van der Waals surface area (Å²) in [5.74, 6) is 0.204. The maximum atomic E-state index is 13.3. The molecule has 0 bridgehead atoms. The standard InChI is InChI=1S/C29H35N7O3/c1-20-6-7-22(32-28(37)21-8-9-31-26(18-21)36-14-16-39-17-15-36)19-24(20)33-29(38)23-4-3-5-25(27(23)30)35-12-10-34(2)11-13-35/h3-9,18-19H,10-17,30H2,1-2H3,(H,32,37)(H,33,38). The van der Waals surface area contributed by atoms with Gasteiger partial charge in [0.1, 0.15) is 5.82 Å². The fourth-order valence-corrected chi connectivity index (χ4v) is 4.83. The van der Waals surface area contributed by atoms with Crippen LogP contribution >= 0.6 is 0 Å². The van der Waals surface area contributed by atoms with Crippen LogP contribution < -0.4 is 26.2 Å². The van der Waals surface area contributed by atoms with Crippen LogP contribution in [0.4, 0.5) is 28.6 Å². The van der Waals surface area contributed by atoms with E-state index in [2.05, 4.69) is 37.4 Å². The number of morpholine rings is 1.